The van der Waals surface area contributed by atoms with E-state index in [0.29, 0.717) is 29.7 Å². The Morgan fingerprint density at radius 1 is 1.35 bits per heavy atom. The molecule has 0 heterocycles. The Balaban J connectivity index is 2.00. The molecule has 1 aromatic carbocycles. The molecule has 1 amide bonds. The fraction of sp³-hybridized carbons (Fsp3) is 0.467. The summed E-state index contributed by atoms with van der Waals surface area (Å²) in [6, 6.07) is 5.27. The molecule has 1 aromatic rings. The van der Waals surface area contributed by atoms with Crippen LogP contribution in [0.3, 0.4) is 0 Å². The molecule has 2 rings (SSSR count). The second-order valence-corrected chi connectivity index (χ2v) is 4.78. The number of amides is 1. The van der Waals surface area contributed by atoms with Gasteiger partial charge in [0.05, 0.1) is 6.61 Å². The van der Waals surface area contributed by atoms with Crippen LogP contribution in [0.4, 0.5) is 0 Å². The van der Waals surface area contributed by atoms with Crippen molar-refractivity contribution in [2.75, 3.05) is 20.3 Å². The molecule has 108 valence electrons. The molecule has 0 bridgehead atoms. The van der Waals surface area contributed by atoms with Crippen molar-refractivity contribution in [2.45, 2.75) is 25.8 Å². The Morgan fingerprint density at radius 3 is 2.70 bits per heavy atom. The molecule has 0 spiro atoms. The van der Waals surface area contributed by atoms with E-state index < -0.39 is 0 Å². The van der Waals surface area contributed by atoms with Crippen molar-refractivity contribution in [2.24, 2.45) is 0 Å². The van der Waals surface area contributed by atoms with E-state index in [1.54, 1.807) is 30.1 Å². The van der Waals surface area contributed by atoms with Crippen LogP contribution in [-0.2, 0) is 4.79 Å². The molecule has 1 aliphatic carbocycles. The van der Waals surface area contributed by atoms with Crippen LogP contribution in [0.2, 0.25) is 0 Å². The average Bonchev–Trinajstić information content (AvgIpc) is 3.29. The molecule has 5 nitrogen and oxygen atoms in total. The summed E-state index contributed by atoms with van der Waals surface area (Å²) >= 11 is 0. The number of aldehydes is 1. The van der Waals surface area contributed by atoms with Crippen LogP contribution in [0.5, 0.6) is 11.5 Å². The Labute approximate surface area is 118 Å². The highest BCUT2D eigenvalue weighted by molar-refractivity contribution is 5.79. The van der Waals surface area contributed by atoms with Crippen LogP contribution >= 0.6 is 0 Å². The highest BCUT2D eigenvalue weighted by Crippen LogP contribution is 2.29. The standard InChI is InChI=1S/C15H19NO4/c1-3-19-14-8-11(9-17)4-7-13(14)20-10-15(18)16(2)12-5-6-12/h4,7-9,12H,3,5-6,10H2,1-2H3. The topological polar surface area (TPSA) is 55.8 Å². The molecule has 1 aliphatic rings. The number of likely N-dealkylation sites (N-methyl/N-ethyl adjacent to an activating group) is 1. The predicted molar refractivity (Wildman–Crippen MR) is 74.3 cm³/mol. The van der Waals surface area contributed by atoms with Gasteiger partial charge in [-0.3, -0.25) is 9.59 Å². The molecule has 0 aliphatic heterocycles. The number of hydrogen-bond donors (Lipinski definition) is 0. The summed E-state index contributed by atoms with van der Waals surface area (Å²) in [6.45, 7) is 2.30. The van der Waals surface area contributed by atoms with Crippen LogP contribution in [0, 0.1) is 0 Å². The number of nitrogens with zero attached hydrogens (tertiary/aromatic N) is 1. The van der Waals surface area contributed by atoms with E-state index in [-0.39, 0.29) is 12.5 Å². The van der Waals surface area contributed by atoms with Crippen molar-refractivity contribution >= 4 is 12.2 Å². The first-order valence-corrected chi connectivity index (χ1v) is 6.76. The zero-order valence-electron chi connectivity index (χ0n) is 11.8. The number of benzene rings is 1. The van der Waals surface area contributed by atoms with Gasteiger partial charge in [0.15, 0.2) is 18.1 Å². The van der Waals surface area contributed by atoms with Crippen molar-refractivity contribution in [1.29, 1.82) is 0 Å². The third-order valence-corrected chi connectivity index (χ3v) is 3.24. The molecule has 0 unspecified atom stereocenters. The van der Waals surface area contributed by atoms with Gasteiger partial charge in [-0.2, -0.15) is 0 Å². The van der Waals surface area contributed by atoms with E-state index in [9.17, 15) is 9.59 Å². The summed E-state index contributed by atoms with van der Waals surface area (Å²) in [5.41, 5.74) is 0.516. The Morgan fingerprint density at radius 2 is 2.10 bits per heavy atom. The maximum atomic E-state index is 11.9. The van der Waals surface area contributed by atoms with E-state index in [2.05, 4.69) is 0 Å². The predicted octanol–water partition coefficient (Wildman–Crippen LogP) is 1.90. The number of carbonyl (C=O) groups is 2. The summed E-state index contributed by atoms with van der Waals surface area (Å²) in [4.78, 5) is 24.4. The largest absolute Gasteiger partial charge is 0.490 e. The summed E-state index contributed by atoms with van der Waals surface area (Å²) < 4.78 is 10.9. The number of ether oxygens (including phenoxy) is 2. The van der Waals surface area contributed by atoms with Crippen molar-refractivity contribution in [3.8, 4) is 11.5 Å². The number of hydrogen-bond acceptors (Lipinski definition) is 4. The van der Waals surface area contributed by atoms with Crippen molar-refractivity contribution in [3.05, 3.63) is 23.8 Å². The van der Waals surface area contributed by atoms with E-state index >= 15 is 0 Å². The Bertz CT molecular complexity index is 497. The lowest BCUT2D eigenvalue weighted by molar-refractivity contribution is -0.132. The van der Waals surface area contributed by atoms with E-state index in [0.717, 1.165) is 19.1 Å². The molecule has 0 radical (unpaired) electrons. The van der Waals surface area contributed by atoms with Crippen molar-refractivity contribution in [1.82, 2.24) is 4.90 Å². The van der Waals surface area contributed by atoms with Gasteiger partial charge >= 0.3 is 0 Å². The van der Waals surface area contributed by atoms with Gasteiger partial charge in [-0.25, -0.2) is 0 Å². The van der Waals surface area contributed by atoms with Gasteiger partial charge in [-0.1, -0.05) is 0 Å². The molecule has 0 N–H and O–H groups in total. The summed E-state index contributed by atoms with van der Waals surface area (Å²) in [6.07, 6.45) is 2.89. The lowest BCUT2D eigenvalue weighted by atomic mass is 10.2. The molecule has 0 atom stereocenters. The Hall–Kier alpha value is -2.04. The van der Waals surface area contributed by atoms with Gasteiger partial charge in [0.25, 0.3) is 5.91 Å². The fourth-order valence-corrected chi connectivity index (χ4v) is 1.89. The summed E-state index contributed by atoms with van der Waals surface area (Å²) in [7, 11) is 1.79. The minimum absolute atomic E-state index is 0.0203. The normalized spacial score (nSPS) is 13.7. The average molecular weight is 277 g/mol. The first kappa shape index (κ1) is 14.4. The minimum atomic E-state index is -0.0468. The quantitative estimate of drug-likeness (QED) is 0.714. The van der Waals surface area contributed by atoms with Crippen LogP contribution in [0.15, 0.2) is 18.2 Å². The second kappa shape index (κ2) is 6.41. The minimum Gasteiger partial charge on any atom is -0.490 e. The van der Waals surface area contributed by atoms with Gasteiger partial charge in [-0.05, 0) is 38.0 Å². The first-order chi connectivity index (χ1) is 9.65. The molecular weight excluding hydrogens is 258 g/mol. The lowest BCUT2D eigenvalue weighted by Gasteiger charge is -2.17. The van der Waals surface area contributed by atoms with Gasteiger partial charge in [-0.15, -0.1) is 0 Å². The molecular formula is C15H19NO4. The zero-order chi connectivity index (χ0) is 14.5. The Kier molecular flexibility index (Phi) is 4.61. The highest BCUT2D eigenvalue weighted by Gasteiger charge is 2.29. The SMILES string of the molecule is CCOc1cc(C=O)ccc1OCC(=O)N(C)C1CC1. The third-order valence-electron chi connectivity index (χ3n) is 3.24. The molecule has 20 heavy (non-hydrogen) atoms. The summed E-state index contributed by atoms with van der Waals surface area (Å²) in [5.74, 6) is 0.920. The molecule has 0 aromatic heterocycles. The van der Waals surface area contributed by atoms with Crippen LogP contribution in [0.1, 0.15) is 30.1 Å². The highest BCUT2D eigenvalue weighted by atomic mass is 16.5. The number of carbonyl (C=O) groups excluding carboxylic acids is 2. The van der Waals surface area contributed by atoms with E-state index in [1.807, 2.05) is 6.92 Å². The van der Waals surface area contributed by atoms with Gasteiger partial charge in [0.2, 0.25) is 0 Å². The van der Waals surface area contributed by atoms with Gasteiger partial charge < -0.3 is 14.4 Å². The molecule has 0 saturated heterocycles. The maximum Gasteiger partial charge on any atom is 0.260 e. The lowest BCUT2D eigenvalue weighted by Crippen LogP contribution is -2.33. The van der Waals surface area contributed by atoms with E-state index in [4.69, 9.17) is 9.47 Å². The third kappa shape index (κ3) is 3.50. The summed E-state index contributed by atoms with van der Waals surface area (Å²) in [5, 5.41) is 0. The monoisotopic (exact) mass is 277 g/mol. The number of rotatable bonds is 7. The first-order valence-electron chi connectivity index (χ1n) is 6.76. The van der Waals surface area contributed by atoms with E-state index in [1.165, 1.54) is 0 Å². The fourth-order valence-electron chi connectivity index (χ4n) is 1.89. The van der Waals surface area contributed by atoms with Crippen LogP contribution < -0.4 is 9.47 Å². The smallest absolute Gasteiger partial charge is 0.260 e. The van der Waals surface area contributed by atoms with Crippen molar-refractivity contribution in [3.63, 3.8) is 0 Å². The van der Waals surface area contributed by atoms with Crippen molar-refractivity contribution < 1.29 is 19.1 Å². The second-order valence-electron chi connectivity index (χ2n) is 4.78. The molecule has 5 heteroatoms. The van der Waals surface area contributed by atoms with Gasteiger partial charge in [0.1, 0.15) is 6.29 Å². The van der Waals surface area contributed by atoms with Crippen LogP contribution in [0.25, 0.3) is 0 Å². The zero-order valence-corrected chi connectivity index (χ0v) is 11.8. The maximum absolute atomic E-state index is 11.9. The van der Waals surface area contributed by atoms with Crippen LogP contribution in [-0.4, -0.2) is 43.4 Å². The molecule has 1 saturated carbocycles. The molecule has 1 fully saturated rings. The van der Waals surface area contributed by atoms with Gasteiger partial charge in [0, 0.05) is 18.7 Å².